The van der Waals surface area contributed by atoms with Gasteiger partial charge in [-0.1, -0.05) is 0 Å². The molecular weight excluding hydrogens is 256 g/mol. The molecule has 0 aromatic rings. The summed E-state index contributed by atoms with van der Waals surface area (Å²) in [5.41, 5.74) is -0.685. The van der Waals surface area contributed by atoms with Crippen LogP contribution in [0.3, 0.4) is 0 Å². The van der Waals surface area contributed by atoms with Gasteiger partial charge in [0.2, 0.25) is 12.2 Å². The number of hydrogen-bond donors (Lipinski definition) is 2. The normalized spacial score (nSPS) is 12.5. The van der Waals surface area contributed by atoms with Crippen molar-refractivity contribution in [2.45, 2.75) is 39.3 Å². The van der Waals surface area contributed by atoms with Crippen LogP contribution >= 0.6 is 12.6 Å². The molecule has 0 aromatic carbocycles. The van der Waals surface area contributed by atoms with Crippen molar-refractivity contribution in [3.8, 4) is 0 Å². The first-order chi connectivity index (χ1) is 8.21. The second kappa shape index (κ2) is 7.25. The van der Waals surface area contributed by atoms with Gasteiger partial charge in [0.25, 0.3) is 0 Å². The van der Waals surface area contributed by atoms with Gasteiger partial charge < -0.3 is 10.1 Å². The number of thiol groups is 1. The maximum atomic E-state index is 11.9. The van der Waals surface area contributed by atoms with Gasteiger partial charge in [0.15, 0.2) is 0 Å². The predicted molar refractivity (Wildman–Crippen MR) is 70.1 cm³/mol. The third kappa shape index (κ3) is 6.48. The quantitative estimate of drug-likeness (QED) is 0.573. The van der Waals surface area contributed by atoms with Gasteiger partial charge in [0, 0.05) is 12.7 Å². The SMILES string of the molecule is CC(=O)NCN(C(=O)OC(C)(C)C)[C@@H]([C]=O)CS. The number of nitrogens with zero attached hydrogens (tertiary/aromatic N) is 1. The van der Waals surface area contributed by atoms with Gasteiger partial charge in [-0.05, 0) is 20.8 Å². The maximum Gasteiger partial charge on any atom is 0.412 e. The molecular formula is C11H19N2O4S. The lowest BCUT2D eigenvalue weighted by Crippen LogP contribution is -2.50. The third-order valence-electron chi connectivity index (χ3n) is 1.81. The Bertz CT molecular complexity index is 315. The minimum Gasteiger partial charge on any atom is -0.444 e. The van der Waals surface area contributed by atoms with Crippen LogP contribution in [0.2, 0.25) is 0 Å². The van der Waals surface area contributed by atoms with E-state index in [1.165, 1.54) is 6.92 Å². The second-order valence-corrected chi connectivity index (χ2v) is 5.02. The Hall–Kier alpha value is -1.24. The first-order valence-corrected chi connectivity index (χ1v) is 6.07. The molecule has 0 aliphatic carbocycles. The van der Waals surface area contributed by atoms with Crippen LogP contribution in [0.5, 0.6) is 0 Å². The average Bonchev–Trinajstić information content (AvgIpc) is 2.21. The number of carbonyl (C=O) groups excluding carboxylic acids is 3. The molecule has 0 bridgehead atoms. The number of ether oxygens (including phenoxy) is 1. The van der Waals surface area contributed by atoms with E-state index in [1.54, 1.807) is 27.1 Å². The van der Waals surface area contributed by atoms with Crippen LogP contribution in [0.4, 0.5) is 4.79 Å². The van der Waals surface area contributed by atoms with Crippen LogP contribution < -0.4 is 5.32 Å². The van der Waals surface area contributed by atoms with Gasteiger partial charge in [-0.2, -0.15) is 12.6 Å². The highest BCUT2D eigenvalue weighted by atomic mass is 32.1. The van der Waals surface area contributed by atoms with Crippen LogP contribution in [0.15, 0.2) is 0 Å². The van der Waals surface area contributed by atoms with E-state index in [4.69, 9.17) is 4.74 Å². The van der Waals surface area contributed by atoms with Crippen LogP contribution in [0.1, 0.15) is 27.7 Å². The lowest BCUT2D eigenvalue weighted by molar-refractivity contribution is -0.119. The number of amides is 2. The van der Waals surface area contributed by atoms with Crippen LogP contribution in [0, 0.1) is 0 Å². The molecule has 1 radical (unpaired) electrons. The van der Waals surface area contributed by atoms with Gasteiger partial charge in [-0.15, -0.1) is 0 Å². The van der Waals surface area contributed by atoms with E-state index in [-0.39, 0.29) is 18.3 Å². The molecule has 18 heavy (non-hydrogen) atoms. The molecule has 0 aliphatic heterocycles. The van der Waals surface area contributed by atoms with Crippen molar-refractivity contribution in [3.63, 3.8) is 0 Å². The Labute approximate surface area is 112 Å². The Morgan fingerprint density at radius 2 is 2.00 bits per heavy atom. The van der Waals surface area contributed by atoms with Gasteiger partial charge in [0.1, 0.15) is 11.6 Å². The predicted octanol–water partition coefficient (Wildman–Crippen LogP) is 0.725. The molecule has 103 valence electrons. The number of hydrogen-bond acceptors (Lipinski definition) is 5. The van der Waals surface area contributed by atoms with Crippen molar-refractivity contribution in [2.75, 3.05) is 12.4 Å². The second-order valence-electron chi connectivity index (χ2n) is 4.66. The molecule has 6 nitrogen and oxygen atoms in total. The van der Waals surface area contributed by atoms with E-state index < -0.39 is 17.7 Å². The molecule has 0 aromatic heterocycles. The van der Waals surface area contributed by atoms with E-state index in [2.05, 4.69) is 17.9 Å². The van der Waals surface area contributed by atoms with Crippen LogP contribution in [0.25, 0.3) is 0 Å². The summed E-state index contributed by atoms with van der Waals surface area (Å²) < 4.78 is 5.14. The molecule has 0 fully saturated rings. The van der Waals surface area contributed by atoms with Crippen molar-refractivity contribution >= 4 is 30.9 Å². The molecule has 1 atom stereocenters. The molecule has 0 heterocycles. The molecule has 0 rings (SSSR count). The van der Waals surface area contributed by atoms with Crippen molar-refractivity contribution in [3.05, 3.63) is 0 Å². The number of carbonyl (C=O) groups is 2. The zero-order valence-corrected chi connectivity index (χ0v) is 11.9. The highest BCUT2D eigenvalue weighted by molar-refractivity contribution is 7.80. The Morgan fingerprint density at radius 3 is 2.33 bits per heavy atom. The van der Waals surface area contributed by atoms with Crippen LogP contribution in [-0.4, -0.2) is 47.3 Å². The van der Waals surface area contributed by atoms with E-state index in [9.17, 15) is 14.4 Å². The van der Waals surface area contributed by atoms with Gasteiger partial charge in [-0.3, -0.25) is 14.5 Å². The Balaban J connectivity index is 4.78. The van der Waals surface area contributed by atoms with E-state index >= 15 is 0 Å². The van der Waals surface area contributed by atoms with Gasteiger partial charge in [0.05, 0.1) is 6.67 Å². The summed E-state index contributed by atoms with van der Waals surface area (Å²) in [7, 11) is 0. The summed E-state index contributed by atoms with van der Waals surface area (Å²) in [6.07, 6.45) is 0.994. The summed E-state index contributed by atoms with van der Waals surface area (Å²) in [4.78, 5) is 34.6. The van der Waals surface area contributed by atoms with Crippen molar-refractivity contribution in [1.29, 1.82) is 0 Å². The standard InChI is InChI=1S/C11H19N2O4S/c1-8(15)12-7-13(9(5-14)6-18)10(16)17-11(2,3)4/h9,18H,6-7H2,1-4H3,(H,12,15)/t9-/m0/s1. The highest BCUT2D eigenvalue weighted by Gasteiger charge is 2.28. The summed E-state index contributed by atoms with van der Waals surface area (Å²) in [6.45, 7) is 6.32. The van der Waals surface area contributed by atoms with Crippen molar-refractivity contribution in [2.24, 2.45) is 0 Å². The first-order valence-electron chi connectivity index (χ1n) is 5.44. The Kier molecular flexibility index (Phi) is 6.75. The van der Waals surface area contributed by atoms with E-state index in [0.29, 0.717) is 0 Å². The summed E-state index contributed by atoms with van der Waals surface area (Å²) in [6, 6.07) is -0.866. The molecule has 0 aliphatic rings. The zero-order valence-electron chi connectivity index (χ0n) is 11.0. The summed E-state index contributed by atoms with van der Waals surface area (Å²) in [5.74, 6) is -0.213. The van der Waals surface area contributed by atoms with E-state index in [0.717, 1.165) is 4.90 Å². The molecule has 0 unspecified atom stereocenters. The number of nitrogens with one attached hydrogen (secondary N) is 1. The molecule has 7 heteroatoms. The van der Waals surface area contributed by atoms with Crippen LogP contribution in [-0.2, 0) is 14.3 Å². The minimum atomic E-state index is -0.866. The summed E-state index contributed by atoms with van der Waals surface area (Å²) in [5, 5.41) is 2.43. The van der Waals surface area contributed by atoms with E-state index in [1.807, 2.05) is 0 Å². The lowest BCUT2D eigenvalue weighted by Gasteiger charge is -2.29. The first kappa shape index (κ1) is 16.8. The molecule has 0 saturated carbocycles. The van der Waals surface area contributed by atoms with Gasteiger partial charge >= 0.3 is 6.09 Å². The van der Waals surface area contributed by atoms with Crippen molar-refractivity contribution < 1.29 is 19.1 Å². The fourth-order valence-corrected chi connectivity index (χ4v) is 1.29. The maximum absolute atomic E-state index is 11.9. The topological polar surface area (TPSA) is 75.7 Å². The fraction of sp³-hybridized carbons (Fsp3) is 0.727. The zero-order chi connectivity index (χ0) is 14.3. The molecule has 0 saturated heterocycles. The molecule has 1 N–H and O–H groups in total. The largest absolute Gasteiger partial charge is 0.444 e. The fourth-order valence-electron chi connectivity index (χ4n) is 1.02. The van der Waals surface area contributed by atoms with Crippen molar-refractivity contribution in [1.82, 2.24) is 10.2 Å². The van der Waals surface area contributed by atoms with Gasteiger partial charge in [-0.25, -0.2) is 4.79 Å². The Morgan fingerprint density at radius 1 is 1.44 bits per heavy atom. The average molecular weight is 275 g/mol. The monoisotopic (exact) mass is 275 g/mol. The third-order valence-corrected chi connectivity index (χ3v) is 2.16. The summed E-state index contributed by atoms with van der Waals surface area (Å²) >= 11 is 3.96. The minimum absolute atomic E-state index is 0.0995. The molecule has 0 spiro atoms. The number of rotatable bonds is 5. The highest BCUT2D eigenvalue weighted by Crippen LogP contribution is 2.11. The molecule has 2 amide bonds. The smallest absolute Gasteiger partial charge is 0.412 e. The lowest BCUT2D eigenvalue weighted by atomic mass is 10.2.